The van der Waals surface area contributed by atoms with Gasteiger partial charge in [0.05, 0.1) is 23.5 Å². The van der Waals surface area contributed by atoms with E-state index in [-0.39, 0.29) is 29.3 Å². The second kappa shape index (κ2) is 7.42. The molecule has 32 heavy (non-hydrogen) atoms. The zero-order valence-electron chi connectivity index (χ0n) is 17.9. The number of pyridine rings is 1. The number of halogens is 2. The molecule has 1 amide bonds. The van der Waals surface area contributed by atoms with E-state index in [1.165, 1.54) is 16.8 Å². The fourth-order valence-corrected chi connectivity index (χ4v) is 5.00. The van der Waals surface area contributed by atoms with Crippen molar-refractivity contribution in [1.29, 1.82) is 0 Å². The first-order valence-corrected chi connectivity index (χ1v) is 11.2. The Bertz CT molecular complexity index is 1280. The molecule has 168 valence electrons. The minimum absolute atomic E-state index is 0.156. The molecule has 1 saturated carbocycles. The molecule has 0 saturated heterocycles. The zero-order valence-corrected chi connectivity index (χ0v) is 18.6. The number of hydrogen-bond acceptors (Lipinski definition) is 4. The number of anilines is 1. The van der Waals surface area contributed by atoms with E-state index < -0.39 is 11.5 Å². The predicted molar refractivity (Wildman–Crippen MR) is 119 cm³/mol. The van der Waals surface area contributed by atoms with E-state index >= 15 is 0 Å². The van der Waals surface area contributed by atoms with E-state index in [0.717, 1.165) is 16.8 Å². The molecule has 0 atom stereocenters. The standard InChI is InChI=1S/C23H24ClFN4O3/c1-23(2)12-27(19(31)11-24)18-8-14(7-13-3-5-15(25)6-4-13)21-26-29(16-9-17(30)10-16)22(32)28(21)20(18)23/h3-6,8,16-17,30H,7,9-12H2,1-2H3. The first kappa shape index (κ1) is 21.2. The number of hydrogen-bond donors (Lipinski definition) is 1. The number of aliphatic hydroxyl groups is 1. The lowest BCUT2D eigenvalue weighted by Crippen LogP contribution is -2.38. The SMILES string of the molecule is CC1(C)CN(C(=O)CCl)c2cc(Cc3ccc(F)cc3)c3nn(C4CC(O)C4)c(=O)n3c21. The van der Waals surface area contributed by atoms with Crippen LogP contribution in [0.1, 0.15) is 49.6 Å². The van der Waals surface area contributed by atoms with Crippen LogP contribution in [0.4, 0.5) is 10.1 Å². The van der Waals surface area contributed by atoms with Gasteiger partial charge >= 0.3 is 5.69 Å². The van der Waals surface area contributed by atoms with Crippen molar-refractivity contribution in [2.75, 3.05) is 17.3 Å². The van der Waals surface area contributed by atoms with Crippen LogP contribution in [0.3, 0.4) is 0 Å². The number of benzene rings is 1. The van der Waals surface area contributed by atoms with Crippen LogP contribution in [-0.2, 0) is 16.6 Å². The van der Waals surface area contributed by atoms with E-state index in [1.807, 2.05) is 19.9 Å². The van der Waals surface area contributed by atoms with E-state index in [0.29, 0.717) is 37.1 Å². The molecular weight excluding hydrogens is 435 g/mol. The molecule has 3 aromatic rings. The van der Waals surface area contributed by atoms with Crippen LogP contribution < -0.4 is 10.6 Å². The van der Waals surface area contributed by atoms with Gasteiger partial charge in [-0.3, -0.25) is 4.79 Å². The molecule has 7 nitrogen and oxygen atoms in total. The largest absolute Gasteiger partial charge is 0.393 e. The van der Waals surface area contributed by atoms with Gasteiger partial charge in [0.25, 0.3) is 0 Å². The molecule has 1 fully saturated rings. The summed E-state index contributed by atoms with van der Waals surface area (Å²) in [6, 6.07) is 7.93. The number of nitrogens with zero attached hydrogens (tertiary/aromatic N) is 4. The first-order chi connectivity index (χ1) is 15.2. The van der Waals surface area contributed by atoms with Crippen molar-refractivity contribution < 1.29 is 14.3 Å². The van der Waals surface area contributed by atoms with Gasteiger partial charge in [-0.2, -0.15) is 0 Å². The van der Waals surface area contributed by atoms with Gasteiger partial charge in [0.1, 0.15) is 11.7 Å². The highest BCUT2D eigenvalue weighted by molar-refractivity contribution is 6.29. The van der Waals surface area contributed by atoms with Crippen molar-refractivity contribution in [1.82, 2.24) is 14.2 Å². The number of aliphatic hydroxyl groups excluding tert-OH is 1. The molecule has 1 aliphatic heterocycles. The number of fused-ring (bicyclic) bond motifs is 3. The van der Waals surface area contributed by atoms with Crippen LogP contribution in [-0.4, -0.2) is 43.7 Å². The second-order valence-corrected chi connectivity index (χ2v) is 9.64. The van der Waals surface area contributed by atoms with Gasteiger partial charge < -0.3 is 10.0 Å². The van der Waals surface area contributed by atoms with Crippen molar-refractivity contribution in [3.05, 3.63) is 63.5 Å². The third kappa shape index (κ3) is 3.24. The average Bonchev–Trinajstić information content (AvgIpc) is 3.20. The number of carbonyl (C=O) groups is 1. The third-order valence-corrected chi connectivity index (χ3v) is 6.74. The normalized spacial score (nSPS) is 21.6. The Hall–Kier alpha value is -2.71. The summed E-state index contributed by atoms with van der Waals surface area (Å²) in [6.45, 7) is 4.38. The third-order valence-electron chi connectivity index (χ3n) is 6.51. The number of carbonyl (C=O) groups excluding carboxylic acids is 1. The molecular formula is C23H24ClFN4O3. The molecule has 3 heterocycles. The van der Waals surface area contributed by atoms with E-state index in [4.69, 9.17) is 11.6 Å². The van der Waals surface area contributed by atoms with Crippen molar-refractivity contribution in [2.24, 2.45) is 0 Å². The fourth-order valence-electron chi connectivity index (χ4n) is 4.86. The molecule has 2 aliphatic rings. The Balaban J connectivity index is 1.75. The summed E-state index contributed by atoms with van der Waals surface area (Å²) in [7, 11) is 0. The molecule has 2 aromatic heterocycles. The van der Waals surface area contributed by atoms with Gasteiger partial charge in [0.15, 0.2) is 5.65 Å². The molecule has 0 unspecified atom stereocenters. The van der Waals surface area contributed by atoms with Crippen LogP contribution in [0, 0.1) is 5.82 Å². The van der Waals surface area contributed by atoms with Gasteiger partial charge in [0.2, 0.25) is 5.91 Å². The maximum absolute atomic E-state index is 13.5. The molecule has 1 N–H and O–H groups in total. The summed E-state index contributed by atoms with van der Waals surface area (Å²) in [5.41, 5.74) is 2.76. The Morgan fingerprint density at radius 3 is 2.59 bits per heavy atom. The molecule has 0 spiro atoms. The van der Waals surface area contributed by atoms with E-state index in [1.54, 1.807) is 21.4 Å². The molecule has 9 heteroatoms. The highest BCUT2D eigenvalue weighted by Gasteiger charge is 2.42. The van der Waals surface area contributed by atoms with Gasteiger partial charge in [-0.1, -0.05) is 26.0 Å². The van der Waals surface area contributed by atoms with E-state index in [9.17, 15) is 19.1 Å². The number of aromatic nitrogens is 3. The highest BCUT2D eigenvalue weighted by Crippen LogP contribution is 2.42. The fraction of sp³-hybridized carbons (Fsp3) is 0.435. The number of rotatable bonds is 4. The van der Waals surface area contributed by atoms with Crippen molar-refractivity contribution >= 4 is 28.8 Å². The monoisotopic (exact) mass is 458 g/mol. The maximum Gasteiger partial charge on any atom is 0.350 e. The Morgan fingerprint density at radius 2 is 1.97 bits per heavy atom. The summed E-state index contributed by atoms with van der Waals surface area (Å²) in [6.07, 6.45) is 0.970. The molecule has 0 bridgehead atoms. The van der Waals surface area contributed by atoms with Crippen molar-refractivity contribution in [3.63, 3.8) is 0 Å². The maximum atomic E-state index is 13.5. The van der Waals surface area contributed by atoms with Gasteiger partial charge in [-0.15, -0.1) is 16.7 Å². The van der Waals surface area contributed by atoms with Gasteiger partial charge in [-0.05, 0) is 36.6 Å². The Morgan fingerprint density at radius 1 is 1.28 bits per heavy atom. The topological polar surface area (TPSA) is 79.8 Å². The van der Waals surface area contributed by atoms with Gasteiger partial charge in [0, 0.05) is 23.9 Å². The van der Waals surface area contributed by atoms with Gasteiger partial charge in [-0.25, -0.2) is 18.3 Å². The lowest BCUT2D eigenvalue weighted by atomic mass is 9.90. The molecule has 0 radical (unpaired) electrons. The average molecular weight is 459 g/mol. The smallest absolute Gasteiger partial charge is 0.350 e. The predicted octanol–water partition coefficient (Wildman–Crippen LogP) is 2.78. The minimum Gasteiger partial charge on any atom is -0.393 e. The lowest BCUT2D eigenvalue weighted by Gasteiger charge is -2.30. The molecule has 5 rings (SSSR count). The quantitative estimate of drug-likeness (QED) is 0.610. The van der Waals surface area contributed by atoms with E-state index in [2.05, 4.69) is 5.10 Å². The minimum atomic E-state index is -0.486. The highest BCUT2D eigenvalue weighted by atomic mass is 35.5. The summed E-state index contributed by atoms with van der Waals surface area (Å²) in [5, 5.41) is 14.4. The Kier molecular flexibility index (Phi) is 4.90. The van der Waals surface area contributed by atoms with Crippen molar-refractivity contribution in [3.8, 4) is 0 Å². The van der Waals surface area contributed by atoms with Crippen LogP contribution in [0.5, 0.6) is 0 Å². The number of amides is 1. The van der Waals surface area contributed by atoms with Crippen LogP contribution in [0.15, 0.2) is 35.1 Å². The summed E-state index contributed by atoms with van der Waals surface area (Å²) < 4.78 is 16.5. The molecule has 1 aliphatic carbocycles. The zero-order chi connectivity index (χ0) is 22.8. The second-order valence-electron chi connectivity index (χ2n) is 9.37. The van der Waals surface area contributed by atoms with Crippen LogP contribution in [0.2, 0.25) is 0 Å². The molecule has 1 aromatic carbocycles. The number of alkyl halides is 1. The van der Waals surface area contributed by atoms with Crippen LogP contribution in [0.25, 0.3) is 5.65 Å². The summed E-state index contributed by atoms with van der Waals surface area (Å²) in [5.74, 6) is -0.708. The lowest BCUT2D eigenvalue weighted by molar-refractivity contribution is -0.116. The summed E-state index contributed by atoms with van der Waals surface area (Å²) in [4.78, 5) is 27.8. The first-order valence-electron chi connectivity index (χ1n) is 10.7. The Labute approximate surface area is 189 Å². The van der Waals surface area contributed by atoms with Crippen LogP contribution >= 0.6 is 11.6 Å². The van der Waals surface area contributed by atoms with Crippen molar-refractivity contribution in [2.45, 2.75) is 50.7 Å². The summed E-state index contributed by atoms with van der Waals surface area (Å²) >= 11 is 5.88.